The third-order valence-electron chi connectivity index (χ3n) is 7.49. The summed E-state index contributed by atoms with van der Waals surface area (Å²) in [5.41, 5.74) is 14.3. The molecule has 0 unspecified atom stereocenters. The molecule has 0 spiro atoms. The standard InChI is InChI=1S/C38H38F5N2O4/c1-36(24-28-6-13-31(44)14-7-28,25-29-8-15-32(45)16-9-29)26-48-35(46)21-10-27-4-11-30(12-5-27)38(42,43)49-34-19-17-33(18-20-34)47-23-3-2-22-37(39,40)41/h4-21H,1-3,22-26,44-45H2/b21-10+. The van der Waals surface area contributed by atoms with Crippen molar-refractivity contribution in [2.75, 3.05) is 24.7 Å². The number of rotatable bonds is 16. The van der Waals surface area contributed by atoms with Crippen molar-refractivity contribution >= 4 is 23.4 Å². The van der Waals surface area contributed by atoms with Crippen LogP contribution >= 0.6 is 0 Å². The molecule has 0 heterocycles. The zero-order chi connectivity index (χ0) is 35.5. The summed E-state index contributed by atoms with van der Waals surface area (Å²) >= 11 is 0. The summed E-state index contributed by atoms with van der Waals surface area (Å²) in [5.74, 6) is -0.425. The van der Waals surface area contributed by atoms with E-state index in [1.807, 2.05) is 24.3 Å². The van der Waals surface area contributed by atoms with Crippen LogP contribution in [0.5, 0.6) is 11.5 Å². The summed E-state index contributed by atoms with van der Waals surface area (Å²) in [7, 11) is 0. The van der Waals surface area contributed by atoms with Crippen LogP contribution in [-0.4, -0.2) is 25.4 Å². The van der Waals surface area contributed by atoms with Gasteiger partial charge in [-0.2, -0.15) is 22.0 Å². The molecule has 0 fully saturated rings. The highest BCUT2D eigenvalue weighted by Crippen LogP contribution is 2.33. The highest BCUT2D eigenvalue weighted by molar-refractivity contribution is 5.87. The lowest BCUT2D eigenvalue weighted by atomic mass is 9.79. The monoisotopic (exact) mass is 681 g/mol. The zero-order valence-electron chi connectivity index (χ0n) is 26.7. The van der Waals surface area contributed by atoms with Crippen LogP contribution in [0.15, 0.2) is 103 Å². The summed E-state index contributed by atoms with van der Waals surface area (Å²) < 4.78 is 82.3. The summed E-state index contributed by atoms with van der Waals surface area (Å²) in [6.07, 6.45) is -4.94. The lowest BCUT2D eigenvalue weighted by Crippen LogP contribution is -2.30. The maximum absolute atomic E-state index is 14.9. The molecule has 0 atom stereocenters. The molecule has 4 rings (SSSR count). The fraction of sp³-hybridized carbons (Fsp3) is 0.263. The van der Waals surface area contributed by atoms with E-state index in [-0.39, 0.29) is 31.8 Å². The molecule has 1 radical (unpaired) electrons. The van der Waals surface area contributed by atoms with E-state index < -0.39 is 35.7 Å². The molecule has 4 N–H and O–H groups in total. The van der Waals surface area contributed by atoms with Crippen LogP contribution in [0, 0.1) is 12.3 Å². The number of carbonyl (C=O) groups is 1. The fourth-order valence-corrected chi connectivity index (χ4v) is 4.95. The van der Waals surface area contributed by atoms with Gasteiger partial charge >= 0.3 is 18.3 Å². The van der Waals surface area contributed by atoms with Gasteiger partial charge in [-0.05, 0) is 116 Å². The van der Waals surface area contributed by atoms with Gasteiger partial charge in [-0.25, -0.2) is 4.79 Å². The molecule has 0 aliphatic rings. The van der Waals surface area contributed by atoms with Gasteiger partial charge in [-0.1, -0.05) is 36.4 Å². The first-order valence-corrected chi connectivity index (χ1v) is 15.5. The van der Waals surface area contributed by atoms with Crippen LogP contribution in [0.25, 0.3) is 6.08 Å². The Kier molecular flexibility index (Phi) is 12.3. The lowest BCUT2D eigenvalue weighted by Gasteiger charge is -2.29. The highest BCUT2D eigenvalue weighted by Gasteiger charge is 2.34. The Morgan fingerprint density at radius 3 is 1.78 bits per heavy atom. The van der Waals surface area contributed by atoms with E-state index in [0.29, 0.717) is 35.5 Å². The summed E-state index contributed by atoms with van der Waals surface area (Å²) in [6, 6.07) is 25.4. The molecule has 4 aromatic carbocycles. The lowest BCUT2D eigenvalue weighted by molar-refractivity contribution is -0.185. The van der Waals surface area contributed by atoms with E-state index in [2.05, 4.69) is 6.92 Å². The SMILES string of the molecule is [CH2]C(COC(=O)/C=C/c1ccc(C(F)(F)Oc2ccc(OCCCCC(F)(F)F)cc2)cc1)(Cc1ccc(N)cc1)Cc1ccc(N)cc1. The molecular weight excluding hydrogens is 643 g/mol. The van der Waals surface area contributed by atoms with E-state index >= 15 is 0 Å². The number of carbonyl (C=O) groups excluding carboxylic acids is 1. The maximum Gasteiger partial charge on any atom is 0.426 e. The molecule has 0 saturated heterocycles. The van der Waals surface area contributed by atoms with E-state index in [0.717, 1.165) is 11.1 Å². The number of nitrogens with two attached hydrogens (primary N) is 2. The number of esters is 1. The Hall–Kier alpha value is -5.06. The predicted molar refractivity (Wildman–Crippen MR) is 180 cm³/mol. The molecule has 0 aromatic heterocycles. The number of ether oxygens (including phenoxy) is 3. The minimum Gasteiger partial charge on any atom is -0.494 e. The third kappa shape index (κ3) is 12.5. The first-order valence-electron chi connectivity index (χ1n) is 15.5. The molecule has 0 aliphatic carbocycles. The number of benzene rings is 4. The second kappa shape index (κ2) is 16.4. The van der Waals surface area contributed by atoms with Gasteiger partial charge in [0, 0.05) is 29.3 Å². The molecule has 6 nitrogen and oxygen atoms in total. The van der Waals surface area contributed by atoms with Crippen molar-refractivity contribution in [1.82, 2.24) is 0 Å². The molecule has 259 valence electrons. The zero-order valence-corrected chi connectivity index (χ0v) is 26.7. The van der Waals surface area contributed by atoms with Crippen molar-refractivity contribution in [2.24, 2.45) is 5.41 Å². The van der Waals surface area contributed by atoms with Crippen molar-refractivity contribution in [3.05, 3.63) is 132 Å². The van der Waals surface area contributed by atoms with Gasteiger partial charge in [0.2, 0.25) is 0 Å². The van der Waals surface area contributed by atoms with Crippen molar-refractivity contribution in [1.29, 1.82) is 0 Å². The number of halogens is 5. The maximum atomic E-state index is 14.9. The van der Waals surface area contributed by atoms with Crippen LogP contribution in [0.3, 0.4) is 0 Å². The summed E-state index contributed by atoms with van der Waals surface area (Å²) in [6.45, 7) is 4.48. The van der Waals surface area contributed by atoms with Gasteiger partial charge < -0.3 is 25.7 Å². The topological polar surface area (TPSA) is 96.8 Å². The number of alkyl halides is 5. The van der Waals surface area contributed by atoms with Crippen molar-refractivity contribution in [3.8, 4) is 11.5 Å². The molecule has 0 saturated carbocycles. The Morgan fingerprint density at radius 1 is 0.714 bits per heavy atom. The minimum atomic E-state index is -4.21. The van der Waals surface area contributed by atoms with E-state index in [1.165, 1.54) is 60.7 Å². The van der Waals surface area contributed by atoms with Gasteiger partial charge in [0.05, 0.1) is 18.8 Å². The number of unbranched alkanes of at least 4 members (excludes halogenated alkanes) is 1. The van der Waals surface area contributed by atoms with E-state index in [4.69, 9.17) is 25.7 Å². The normalized spacial score (nSPS) is 12.2. The van der Waals surface area contributed by atoms with E-state index in [1.54, 1.807) is 24.3 Å². The third-order valence-corrected chi connectivity index (χ3v) is 7.49. The average Bonchev–Trinajstić information content (AvgIpc) is 3.05. The Labute approximate surface area is 282 Å². The molecule has 0 bridgehead atoms. The van der Waals surface area contributed by atoms with Crippen LogP contribution in [0.1, 0.15) is 41.5 Å². The quantitative estimate of drug-likeness (QED) is 0.0403. The van der Waals surface area contributed by atoms with E-state index in [9.17, 15) is 26.7 Å². The van der Waals surface area contributed by atoms with Gasteiger partial charge in [0.15, 0.2) is 0 Å². The Bertz CT molecular complexity index is 1610. The highest BCUT2D eigenvalue weighted by atomic mass is 19.4. The smallest absolute Gasteiger partial charge is 0.426 e. The van der Waals surface area contributed by atoms with Crippen LogP contribution in [0.2, 0.25) is 0 Å². The molecule has 49 heavy (non-hydrogen) atoms. The molecular formula is C38H38F5N2O4. The molecule has 4 aromatic rings. The number of nitrogen functional groups attached to an aromatic ring is 2. The van der Waals surface area contributed by atoms with Gasteiger partial charge in [-0.3, -0.25) is 0 Å². The minimum absolute atomic E-state index is 0.0164. The average molecular weight is 682 g/mol. The largest absolute Gasteiger partial charge is 0.494 e. The van der Waals surface area contributed by atoms with Crippen LogP contribution < -0.4 is 20.9 Å². The van der Waals surface area contributed by atoms with Crippen molar-refractivity contribution in [2.45, 2.75) is 44.4 Å². The first kappa shape index (κ1) is 36.8. The Balaban J connectivity index is 1.30. The van der Waals surface area contributed by atoms with Crippen molar-refractivity contribution in [3.63, 3.8) is 0 Å². The van der Waals surface area contributed by atoms with Crippen LogP contribution in [0.4, 0.5) is 33.3 Å². The molecule has 0 aliphatic heterocycles. The second-order valence-corrected chi connectivity index (χ2v) is 11.9. The summed E-state index contributed by atoms with van der Waals surface area (Å²) in [5, 5.41) is 0. The van der Waals surface area contributed by atoms with Gasteiger partial charge in [0.1, 0.15) is 11.5 Å². The number of hydrogen-bond acceptors (Lipinski definition) is 6. The number of anilines is 2. The van der Waals surface area contributed by atoms with Gasteiger partial charge in [0.25, 0.3) is 0 Å². The van der Waals surface area contributed by atoms with Crippen LogP contribution in [-0.2, 0) is 28.5 Å². The number of hydrogen-bond donors (Lipinski definition) is 2. The van der Waals surface area contributed by atoms with Crippen molar-refractivity contribution < 1.29 is 41.0 Å². The van der Waals surface area contributed by atoms with Gasteiger partial charge in [-0.15, -0.1) is 0 Å². The molecule has 11 heteroatoms. The second-order valence-electron chi connectivity index (χ2n) is 11.9. The predicted octanol–water partition coefficient (Wildman–Crippen LogP) is 8.95. The fourth-order valence-electron chi connectivity index (χ4n) is 4.95. The Morgan fingerprint density at radius 2 is 1.24 bits per heavy atom. The summed E-state index contributed by atoms with van der Waals surface area (Å²) in [4.78, 5) is 12.7. The first-order chi connectivity index (χ1) is 23.2. The molecule has 0 amide bonds.